The van der Waals surface area contributed by atoms with Crippen molar-refractivity contribution in [1.29, 1.82) is 0 Å². The molecule has 0 atom stereocenters. The third-order valence-corrected chi connectivity index (χ3v) is 7.39. The quantitative estimate of drug-likeness (QED) is 0.305. The van der Waals surface area contributed by atoms with Crippen LogP contribution in [0.3, 0.4) is 0 Å². The van der Waals surface area contributed by atoms with E-state index in [1.54, 1.807) is 37.4 Å². The van der Waals surface area contributed by atoms with Crippen molar-refractivity contribution in [1.82, 2.24) is 4.90 Å². The second kappa shape index (κ2) is 10.9. The maximum absolute atomic E-state index is 12.7. The molecule has 4 rings (SSSR count). The van der Waals surface area contributed by atoms with E-state index in [9.17, 15) is 9.59 Å². The van der Waals surface area contributed by atoms with Crippen LogP contribution in [0.5, 0.6) is 5.75 Å². The van der Waals surface area contributed by atoms with Gasteiger partial charge >= 0.3 is 5.97 Å². The molecule has 0 saturated carbocycles. The molecule has 0 bridgehead atoms. The largest absolute Gasteiger partial charge is 0.488 e. The lowest BCUT2D eigenvalue weighted by atomic mass is 10.2. The average molecular weight is 592 g/mol. The van der Waals surface area contributed by atoms with Crippen LogP contribution in [0.1, 0.15) is 21.5 Å². The van der Waals surface area contributed by atoms with Crippen LogP contribution in [0.4, 0.5) is 5.69 Å². The van der Waals surface area contributed by atoms with Gasteiger partial charge in [0, 0.05) is 7.05 Å². The molecular formula is C25H17BrCl2N2O4S. The monoisotopic (exact) mass is 590 g/mol. The first-order chi connectivity index (χ1) is 16.7. The zero-order valence-electron chi connectivity index (χ0n) is 18.2. The second-order valence-corrected chi connectivity index (χ2v) is 10.1. The first-order valence-electron chi connectivity index (χ1n) is 10.2. The lowest BCUT2D eigenvalue weighted by Gasteiger charge is -2.10. The van der Waals surface area contributed by atoms with Crippen LogP contribution < -0.4 is 4.74 Å². The number of carbonyl (C=O) groups is 2. The lowest BCUT2D eigenvalue weighted by Crippen LogP contribution is -2.23. The molecule has 0 aromatic heterocycles. The summed E-state index contributed by atoms with van der Waals surface area (Å²) >= 11 is 16.8. The van der Waals surface area contributed by atoms with Gasteiger partial charge in [0.05, 0.1) is 30.7 Å². The van der Waals surface area contributed by atoms with Crippen molar-refractivity contribution in [2.45, 2.75) is 6.61 Å². The Morgan fingerprint density at radius 3 is 2.51 bits per heavy atom. The van der Waals surface area contributed by atoms with Gasteiger partial charge in [0.25, 0.3) is 5.91 Å². The Balaban J connectivity index is 1.47. The minimum Gasteiger partial charge on any atom is -0.488 e. The number of halogens is 3. The predicted octanol–water partition coefficient (Wildman–Crippen LogP) is 7.27. The number of ether oxygens (including phenoxy) is 1. The van der Waals surface area contributed by atoms with Crippen molar-refractivity contribution in [3.63, 3.8) is 0 Å². The van der Waals surface area contributed by atoms with E-state index in [0.29, 0.717) is 38.2 Å². The van der Waals surface area contributed by atoms with Crippen LogP contribution in [0.2, 0.25) is 10.0 Å². The van der Waals surface area contributed by atoms with Crippen LogP contribution in [-0.2, 0) is 11.4 Å². The molecule has 10 heteroatoms. The Morgan fingerprint density at radius 2 is 1.86 bits per heavy atom. The van der Waals surface area contributed by atoms with Gasteiger partial charge in [-0.2, -0.15) is 0 Å². The predicted molar refractivity (Wildman–Crippen MR) is 144 cm³/mol. The molecule has 1 aliphatic rings. The number of rotatable bonds is 6. The smallest absolute Gasteiger partial charge is 0.335 e. The number of carboxylic acid groups (broad SMARTS) is 1. The van der Waals surface area contributed by atoms with Gasteiger partial charge in [-0.15, -0.1) is 0 Å². The Bertz CT molecular complexity index is 1380. The number of likely N-dealkylation sites (N-methyl/N-ethyl adjacent to an activating group) is 1. The van der Waals surface area contributed by atoms with Gasteiger partial charge in [0.2, 0.25) is 0 Å². The number of carbonyl (C=O) groups excluding carboxylic acids is 1. The molecule has 178 valence electrons. The molecular weight excluding hydrogens is 575 g/mol. The number of benzene rings is 3. The summed E-state index contributed by atoms with van der Waals surface area (Å²) in [6, 6.07) is 17.0. The summed E-state index contributed by atoms with van der Waals surface area (Å²) in [6.07, 6.45) is 1.78. The molecule has 0 aliphatic carbocycles. The van der Waals surface area contributed by atoms with Gasteiger partial charge in [-0.25, -0.2) is 9.79 Å². The molecule has 6 nitrogen and oxygen atoms in total. The highest BCUT2D eigenvalue weighted by atomic mass is 79.9. The number of carboxylic acids is 1. The number of aliphatic imine (C=N–C) groups is 1. The van der Waals surface area contributed by atoms with Crippen molar-refractivity contribution < 1.29 is 19.4 Å². The fourth-order valence-corrected chi connectivity index (χ4v) is 4.92. The molecule has 35 heavy (non-hydrogen) atoms. The van der Waals surface area contributed by atoms with Gasteiger partial charge in [-0.3, -0.25) is 9.69 Å². The molecule has 1 heterocycles. The number of aromatic carboxylic acids is 1. The maximum atomic E-state index is 12.7. The molecule has 1 saturated heterocycles. The van der Waals surface area contributed by atoms with E-state index < -0.39 is 5.97 Å². The molecule has 1 N–H and O–H groups in total. The molecule has 3 aromatic carbocycles. The zero-order valence-corrected chi connectivity index (χ0v) is 22.1. The van der Waals surface area contributed by atoms with Gasteiger partial charge in [-0.05, 0) is 93.4 Å². The van der Waals surface area contributed by atoms with Crippen molar-refractivity contribution in [2.24, 2.45) is 4.99 Å². The number of amidine groups is 1. The fraction of sp³-hybridized carbons (Fsp3) is 0.0800. The van der Waals surface area contributed by atoms with Crippen LogP contribution in [0.25, 0.3) is 6.08 Å². The summed E-state index contributed by atoms with van der Waals surface area (Å²) in [5, 5.41) is 10.5. The first-order valence-corrected chi connectivity index (χ1v) is 12.5. The Hall–Kier alpha value is -2.78. The molecule has 3 aromatic rings. The summed E-state index contributed by atoms with van der Waals surface area (Å²) in [5.74, 6) is -0.534. The molecule has 1 fully saturated rings. The number of thioether (sulfide) groups is 1. The number of hydrogen-bond acceptors (Lipinski definition) is 5. The third kappa shape index (κ3) is 6.08. The molecule has 0 radical (unpaired) electrons. The van der Waals surface area contributed by atoms with E-state index >= 15 is 0 Å². The van der Waals surface area contributed by atoms with E-state index in [1.165, 1.54) is 28.8 Å². The second-order valence-electron chi connectivity index (χ2n) is 7.45. The number of nitrogens with zero attached hydrogens (tertiary/aromatic N) is 2. The van der Waals surface area contributed by atoms with Crippen molar-refractivity contribution in [2.75, 3.05) is 7.05 Å². The number of hydrogen-bond donors (Lipinski definition) is 1. The Kier molecular flexibility index (Phi) is 7.86. The van der Waals surface area contributed by atoms with Gasteiger partial charge in [-0.1, -0.05) is 35.3 Å². The Labute approximate surface area is 224 Å². The molecule has 0 unspecified atom stereocenters. The highest BCUT2D eigenvalue weighted by molar-refractivity contribution is 9.10. The summed E-state index contributed by atoms with van der Waals surface area (Å²) in [7, 11) is 1.65. The van der Waals surface area contributed by atoms with E-state index in [-0.39, 0.29) is 11.5 Å². The summed E-state index contributed by atoms with van der Waals surface area (Å²) in [5.41, 5.74) is 2.44. The first kappa shape index (κ1) is 25.3. The topological polar surface area (TPSA) is 79.2 Å². The summed E-state index contributed by atoms with van der Waals surface area (Å²) in [4.78, 5) is 30.2. The maximum Gasteiger partial charge on any atom is 0.335 e. The van der Waals surface area contributed by atoms with Crippen LogP contribution in [-0.4, -0.2) is 34.1 Å². The van der Waals surface area contributed by atoms with Gasteiger partial charge < -0.3 is 9.84 Å². The van der Waals surface area contributed by atoms with Crippen LogP contribution in [0, 0.1) is 0 Å². The van der Waals surface area contributed by atoms with Crippen molar-refractivity contribution in [3.05, 3.63) is 96.8 Å². The summed E-state index contributed by atoms with van der Waals surface area (Å²) in [6.45, 7) is 0.322. The standard InChI is InChI=1S/C25H17BrCl2N2O4S/c1-30-23(31)22(35-25(30)29-17-6-4-16(5-7-17)24(32)33)12-14-3-9-21(18(26)10-14)34-13-15-2-8-19(27)20(28)11-15/h2-12H,13H2,1H3,(H,32,33)/b22-12-,29-25?. The minimum atomic E-state index is -1.01. The highest BCUT2D eigenvalue weighted by Gasteiger charge is 2.30. The van der Waals surface area contributed by atoms with Crippen molar-refractivity contribution in [3.8, 4) is 5.75 Å². The minimum absolute atomic E-state index is 0.174. The highest BCUT2D eigenvalue weighted by Crippen LogP contribution is 2.35. The van der Waals surface area contributed by atoms with E-state index in [2.05, 4.69) is 20.9 Å². The van der Waals surface area contributed by atoms with E-state index in [1.807, 2.05) is 24.3 Å². The summed E-state index contributed by atoms with van der Waals surface area (Å²) < 4.78 is 6.62. The van der Waals surface area contributed by atoms with Gasteiger partial charge in [0.15, 0.2) is 5.17 Å². The third-order valence-electron chi connectivity index (χ3n) is 4.97. The normalized spacial score (nSPS) is 15.8. The molecule has 1 amide bonds. The van der Waals surface area contributed by atoms with Crippen molar-refractivity contribution >= 4 is 79.7 Å². The Morgan fingerprint density at radius 1 is 1.11 bits per heavy atom. The zero-order chi connectivity index (χ0) is 25.1. The number of amides is 1. The van der Waals surface area contributed by atoms with E-state index in [0.717, 1.165) is 15.6 Å². The molecule has 0 spiro atoms. The average Bonchev–Trinajstić information content (AvgIpc) is 3.08. The SMILES string of the molecule is CN1C(=O)/C(=C/c2ccc(OCc3ccc(Cl)c(Cl)c3)c(Br)c2)SC1=Nc1ccc(C(=O)O)cc1. The van der Waals surface area contributed by atoms with Gasteiger partial charge in [0.1, 0.15) is 12.4 Å². The van der Waals surface area contributed by atoms with E-state index in [4.69, 9.17) is 33.0 Å². The fourth-order valence-electron chi connectivity index (χ4n) is 3.11. The van der Waals surface area contributed by atoms with Crippen LogP contribution in [0.15, 0.2) is 75.0 Å². The lowest BCUT2D eigenvalue weighted by molar-refractivity contribution is -0.121. The molecule has 1 aliphatic heterocycles. The van der Waals surface area contributed by atoms with Crippen LogP contribution >= 0.6 is 50.9 Å².